The van der Waals surface area contributed by atoms with E-state index in [9.17, 15) is 0 Å². The van der Waals surface area contributed by atoms with E-state index < -0.39 is 6.29 Å². The van der Waals surface area contributed by atoms with Gasteiger partial charge >= 0.3 is 0 Å². The lowest BCUT2D eigenvalue weighted by atomic mass is 10.2. The van der Waals surface area contributed by atoms with Gasteiger partial charge in [0.05, 0.1) is 12.7 Å². The molecule has 6 heteroatoms. The highest BCUT2D eigenvalue weighted by atomic mass is 35.5. The van der Waals surface area contributed by atoms with Crippen molar-refractivity contribution in [2.45, 2.75) is 26.7 Å². The van der Waals surface area contributed by atoms with Gasteiger partial charge in [-0.15, -0.1) is 5.10 Å². The molecule has 1 aromatic carbocycles. The molecule has 2 rings (SSSR count). The van der Waals surface area contributed by atoms with Crippen molar-refractivity contribution >= 4 is 11.6 Å². The fourth-order valence-electron chi connectivity index (χ4n) is 1.84. The SMILES string of the molecule is CCOC(OCC)c1cn(Cc2cccc(Cl)c2)nn1. The van der Waals surface area contributed by atoms with E-state index in [-0.39, 0.29) is 0 Å². The van der Waals surface area contributed by atoms with Crippen molar-refractivity contribution in [1.82, 2.24) is 15.0 Å². The largest absolute Gasteiger partial charge is 0.347 e. The maximum Gasteiger partial charge on any atom is 0.204 e. The average Bonchev–Trinajstić information content (AvgIpc) is 2.87. The number of halogens is 1. The fourth-order valence-corrected chi connectivity index (χ4v) is 2.06. The second-order valence-corrected chi connectivity index (χ2v) is 4.65. The Balaban J connectivity index is 2.07. The van der Waals surface area contributed by atoms with Crippen LogP contribution in [0.4, 0.5) is 0 Å². The summed E-state index contributed by atoms with van der Waals surface area (Å²) in [5.41, 5.74) is 1.74. The predicted octanol–water partition coefficient (Wildman–Crippen LogP) is 3.05. The van der Waals surface area contributed by atoms with Gasteiger partial charge in [0, 0.05) is 18.2 Å². The Morgan fingerprint density at radius 2 is 2.00 bits per heavy atom. The highest BCUT2D eigenvalue weighted by molar-refractivity contribution is 6.30. The average molecular weight is 296 g/mol. The van der Waals surface area contributed by atoms with Crippen molar-refractivity contribution in [1.29, 1.82) is 0 Å². The molecule has 0 aliphatic heterocycles. The Morgan fingerprint density at radius 3 is 2.65 bits per heavy atom. The van der Waals surface area contributed by atoms with Gasteiger partial charge in [-0.2, -0.15) is 0 Å². The molecule has 0 spiro atoms. The summed E-state index contributed by atoms with van der Waals surface area (Å²) < 4.78 is 12.7. The van der Waals surface area contributed by atoms with Crippen molar-refractivity contribution in [2.75, 3.05) is 13.2 Å². The zero-order valence-electron chi connectivity index (χ0n) is 11.6. The minimum absolute atomic E-state index is 0.460. The molecule has 0 saturated heterocycles. The maximum atomic E-state index is 5.96. The van der Waals surface area contributed by atoms with E-state index in [1.54, 1.807) is 4.68 Å². The highest BCUT2D eigenvalue weighted by Gasteiger charge is 2.15. The van der Waals surface area contributed by atoms with E-state index >= 15 is 0 Å². The molecule has 20 heavy (non-hydrogen) atoms. The van der Waals surface area contributed by atoms with Crippen molar-refractivity contribution < 1.29 is 9.47 Å². The topological polar surface area (TPSA) is 49.2 Å². The maximum absolute atomic E-state index is 5.96. The van der Waals surface area contributed by atoms with Crippen molar-refractivity contribution in [3.63, 3.8) is 0 Å². The van der Waals surface area contributed by atoms with E-state index in [2.05, 4.69) is 10.3 Å². The van der Waals surface area contributed by atoms with Gasteiger partial charge in [0.15, 0.2) is 0 Å². The van der Waals surface area contributed by atoms with Crippen molar-refractivity contribution in [2.24, 2.45) is 0 Å². The summed E-state index contributed by atoms with van der Waals surface area (Å²) in [6.07, 6.45) is 1.37. The summed E-state index contributed by atoms with van der Waals surface area (Å²) in [4.78, 5) is 0. The third-order valence-electron chi connectivity index (χ3n) is 2.67. The Bertz CT molecular complexity index is 539. The molecule has 0 atom stereocenters. The first-order valence-corrected chi connectivity index (χ1v) is 6.98. The fraction of sp³-hybridized carbons (Fsp3) is 0.429. The first kappa shape index (κ1) is 15.0. The first-order valence-electron chi connectivity index (χ1n) is 6.60. The highest BCUT2D eigenvalue weighted by Crippen LogP contribution is 2.17. The summed E-state index contributed by atoms with van der Waals surface area (Å²) in [5, 5.41) is 8.90. The molecule has 0 unspecified atom stereocenters. The number of benzene rings is 1. The Kier molecular flexibility index (Phi) is 5.52. The third-order valence-corrected chi connectivity index (χ3v) is 2.90. The van der Waals surface area contributed by atoms with Crippen molar-refractivity contribution in [3.05, 3.63) is 46.7 Å². The minimum atomic E-state index is -0.460. The van der Waals surface area contributed by atoms with Gasteiger partial charge < -0.3 is 9.47 Å². The molecule has 0 N–H and O–H groups in total. The van der Waals surface area contributed by atoms with Crippen LogP contribution in [-0.2, 0) is 16.0 Å². The summed E-state index contributed by atoms with van der Waals surface area (Å²) in [6, 6.07) is 7.66. The van der Waals surface area contributed by atoms with E-state index in [0.29, 0.717) is 30.5 Å². The number of rotatable bonds is 7. The van der Waals surface area contributed by atoms with Gasteiger partial charge in [-0.1, -0.05) is 28.9 Å². The molecular formula is C14H18ClN3O2. The Morgan fingerprint density at radius 1 is 1.25 bits per heavy atom. The Hall–Kier alpha value is -1.43. The van der Waals surface area contributed by atoms with Crippen LogP contribution in [-0.4, -0.2) is 28.2 Å². The van der Waals surface area contributed by atoms with E-state index in [1.807, 2.05) is 44.3 Å². The lowest BCUT2D eigenvalue weighted by molar-refractivity contribution is -0.142. The molecule has 108 valence electrons. The van der Waals surface area contributed by atoms with E-state index in [4.69, 9.17) is 21.1 Å². The molecule has 0 aliphatic carbocycles. The molecule has 0 bridgehead atoms. The summed E-state index contributed by atoms with van der Waals surface area (Å²) in [7, 11) is 0. The van der Waals surface area contributed by atoms with Crippen LogP contribution in [0, 0.1) is 0 Å². The van der Waals surface area contributed by atoms with Gasteiger partial charge in [-0.3, -0.25) is 0 Å². The van der Waals surface area contributed by atoms with Crippen LogP contribution in [0.25, 0.3) is 0 Å². The molecule has 0 radical (unpaired) electrons. The summed E-state index contributed by atoms with van der Waals surface area (Å²) in [5.74, 6) is 0. The van der Waals surface area contributed by atoms with Crippen LogP contribution in [0.5, 0.6) is 0 Å². The van der Waals surface area contributed by atoms with Crippen LogP contribution in [0.3, 0.4) is 0 Å². The molecule has 0 saturated carbocycles. The third kappa shape index (κ3) is 4.03. The number of hydrogen-bond donors (Lipinski definition) is 0. The van der Waals surface area contributed by atoms with Gasteiger partial charge in [0.25, 0.3) is 0 Å². The zero-order valence-corrected chi connectivity index (χ0v) is 12.4. The number of nitrogens with zero attached hydrogens (tertiary/aromatic N) is 3. The molecular weight excluding hydrogens is 278 g/mol. The zero-order chi connectivity index (χ0) is 14.4. The predicted molar refractivity (Wildman–Crippen MR) is 76.6 cm³/mol. The number of ether oxygens (including phenoxy) is 2. The molecule has 0 aliphatic rings. The normalized spacial score (nSPS) is 11.2. The monoisotopic (exact) mass is 295 g/mol. The molecule has 2 aromatic rings. The number of aromatic nitrogens is 3. The van der Waals surface area contributed by atoms with Gasteiger partial charge in [-0.05, 0) is 31.5 Å². The van der Waals surface area contributed by atoms with Gasteiger partial charge in [0.2, 0.25) is 6.29 Å². The summed E-state index contributed by atoms with van der Waals surface area (Å²) in [6.45, 7) is 5.57. The van der Waals surface area contributed by atoms with E-state index in [0.717, 1.165) is 5.56 Å². The quantitative estimate of drug-likeness (QED) is 0.737. The number of hydrogen-bond acceptors (Lipinski definition) is 4. The second kappa shape index (κ2) is 7.38. The van der Waals surface area contributed by atoms with Crippen LogP contribution >= 0.6 is 11.6 Å². The van der Waals surface area contributed by atoms with Crippen molar-refractivity contribution in [3.8, 4) is 0 Å². The molecule has 1 heterocycles. The molecule has 0 fully saturated rings. The minimum Gasteiger partial charge on any atom is -0.347 e. The lowest BCUT2D eigenvalue weighted by Crippen LogP contribution is -2.09. The Labute approximate surface area is 123 Å². The van der Waals surface area contributed by atoms with Gasteiger partial charge in [0.1, 0.15) is 5.69 Å². The van der Waals surface area contributed by atoms with Crippen LogP contribution in [0.2, 0.25) is 5.02 Å². The lowest BCUT2D eigenvalue weighted by Gasteiger charge is -2.13. The van der Waals surface area contributed by atoms with E-state index in [1.165, 1.54) is 0 Å². The molecule has 1 aromatic heterocycles. The van der Waals surface area contributed by atoms with Gasteiger partial charge in [-0.25, -0.2) is 4.68 Å². The van der Waals surface area contributed by atoms with Crippen LogP contribution < -0.4 is 0 Å². The summed E-state index contributed by atoms with van der Waals surface area (Å²) >= 11 is 5.96. The first-order chi connectivity index (χ1) is 9.72. The van der Waals surface area contributed by atoms with Crippen LogP contribution in [0.1, 0.15) is 31.4 Å². The molecule has 0 amide bonds. The standard InChI is InChI=1S/C14H18ClN3O2/c1-3-19-14(20-4-2)13-10-18(17-16-13)9-11-6-5-7-12(15)8-11/h5-8,10,14H,3-4,9H2,1-2H3. The second-order valence-electron chi connectivity index (χ2n) is 4.21. The smallest absolute Gasteiger partial charge is 0.204 e. The van der Waals surface area contributed by atoms with Crippen LogP contribution in [0.15, 0.2) is 30.5 Å². The molecule has 5 nitrogen and oxygen atoms in total.